The number of aliphatic hydroxyl groups is 2. The maximum absolute atomic E-state index is 14.1. The van der Waals surface area contributed by atoms with Gasteiger partial charge in [0, 0.05) is 78.3 Å². The molecule has 4 aliphatic heterocycles. The second kappa shape index (κ2) is 22.8. The molecule has 26 nitrogen and oxygen atoms in total. The number of aromatic nitrogens is 4. The summed E-state index contributed by atoms with van der Waals surface area (Å²) in [6.07, 6.45) is 1.47. The van der Waals surface area contributed by atoms with Crippen molar-refractivity contribution in [2.24, 2.45) is 0 Å². The van der Waals surface area contributed by atoms with Crippen LogP contribution in [0.4, 0.5) is 17.5 Å². The minimum absolute atomic E-state index is 0.0231. The third-order valence-electron chi connectivity index (χ3n) is 14.9. The molecule has 1 fully saturated rings. The summed E-state index contributed by atoms with van der Waals surface area (Å²) < 4.78 is 63.6. The number of hydrogen-bond acceptors (Lipinski definition) is 18. The van der Waals surface area contributed by atoms with Gasteiger partial charge in [-0.25, -0.2) is 38.0 Å². The summed E-state index contributed by atoms with van der Waals surface area (Å²) in [6, 6.07) is 12.9. The second-order valence-electron chi connectivity index (χ2n) is 21.5. The van der Waals surface area contributed by atoms with Crippen LogP contribution in [-0.2, 0) is 31.6 Å². The summed E-state index contributed by atoms with van der Waals surface area (Å²) in [7, 11) is -17.1. The van der Waals surface area contributed by atoms with Gasteiger partial charge in [-0.1, -0.05) is 18.9 Å². The normalized spacial score (nSPS) is 21.3. The summed E-state index contributed by atoms with van der Waals surface area (Å²) in [6.45, 7) is 18.1. The average Bonchev–Trinajstić information content (AvgIpc) is 1.33. The lowest BCUT2D eigenvalue weighted by Gasteiger charge is -2.43. The van der Waals surface area contributed by atoms with Gasteiger partial charge in [0.1, 0.15) is 42.7 Å². The number of nitrogens with zero attached hydrogens (tertiary/aromatic N) is 6. The van der Waals surface area contributed by atoms with Crippen LogP contribution >= 0.6 is 23.5 Å². The number of carboxylic acids is 1. The molecule has 0 spiro atoms. The highest BCUT2D eigenvalue weighted by molar-refractivity contribution is 7.66. The van der Waals surface area contributed by atoms with E-state index in [1.165, 1.54) is 16.7 Å². The number of nitrogens with one attached hydrogen (secondary N) is 2. The minimum Gasteiger partial charge on any atom is -0.478 e. The molecule has 29 heteroatoms. The molecular weight excluding hydrogens is 1130 g/mol. The van der Waals surface area contributed by atoms with Crippen molar-refractivity contribution in [2.45, 2.75) is 117 Å². The summed E-state index contributed by atoms with van der Waals surface area (Å²) in [5, 5.41) is 40.7. The highest BCUT2D eigenvalue weighted by atomic mass is 31.3. The lowest BCUT2D eigenvalue weighted by Crippen LogP contribution is -2.49. The van der Waals surface area contributed by atoms with Gasteiger partial charge in [0.2, 0.25) is 11.3 Å². The van der Waals surface area contributed by atoms with E-state index in [0.29, 0.717) is 72.2 Å². The Morgan fingerprint density at radius 3 is 2.22 bits per heavy atom. The molecular formula is C53H67N9O17P3+. The van der Waals surface area contributed by atoms with Crippen molar-refractivity contribution in [1.29, 1.82) is 0 Å². The molecule has 2 unspecified atom stereocenters. The van der Waals surface area contributed by atoms with Crippen LogP contribution in [0, 0.1) is 0 Å². The van der Waals surface area contributed by atoms with Gasteiger partial charge in [0.15, 0.2) is 28.7 Å². The van der Waals surface area contributed by atoms with Gasteiger partial charge >= 0.3 is 29.4 Å². The average molecular weight is 1200 g/mol. The maximum Gasteiger partial charge on any atom is 0.490 e. The van der Waals surface area contributed by atoms with Crippen molar-refractivity contribution in [3.05, 3.63) is 105 Å². The number of carbonyl (C=O) groups excluding carboxylic acids is 1. The number of aliphatic hydroxyl groups excluding tert-OH is 2. The number of phosphoric acid groups is 3. The van der Waals surface area contributed by atoms with Crippen molar-refractivity contribution in [3.8, 4) is 11.5 Å². The Balaban J connectivity index is 0.899. The minimum atomic E-state index is -5.83. The summed E-state index contributed by atoms with van der Waals surface area (Å²) in [5.74, 6) is -0.348. The van der Waals surface area contributed by atoms with Gasteiger partial charge in [0.05, 0.1) is 23.8 Å². The molecule has 1 saturated heterocycles. The number of allylic oxidation sites excluding steroid dienone is 2. The van der Waals surface area contributed by atoms with E-state index in [9.17, 15) is 48.4 Å². The number of nitrogens with two attached hydrogens (primary N) is 1. The van der Waals surface area contributed by atoms with Crippen LogP contribution in [0.3, 0.4) is 0 Å². The van der Waals surface area contributed by atoms with Gasteiger partial charge in [-0.3, -0.25) is 13.9 Å². The highest BCUT2D eigenvalue weighted by Crippen LogP contribution is 2.66. The third kappa shape index (κ3) is 12.1. The number of carboxylic acid groups (broad SMARTS) is 1. The quantitative estimate of drug-likeness (QED) is 0.0240. The number of aromatic carboxylic acids is 1. The molecule has 0 radical (unpaired) electrons. The number of phosphoric ester groups is 1. The van der Waals surface area contributed by atoms with Crippen molar-refractivity contribution >= 4 is 80.7 Å². The Morgan fingerprint density at radius 1 is 0.829 bits per heavy atom. The van der Waals surface area contributed by atoms with Crippen LogP contribution in [-0.4, -0.2) is 128 Å². The first-order chi connectivity index (χ1) is 38.4. The number of hydrogen-bond donors (Lipinski definition) is 10. The molecule has 0 saturated carbocycles. The Morgan fingerprint density at radius 2 is 1.54 bits per heavy atom. The van der Waals surface area contributed by atoms with Crippen LogP contribution in [0.1, 0.15) is 130 Å². The third-order valence-corrected chi connectivity index (χ3v) is 18.7. The van der Waals surface area contributed by atoms with E-state index in [1.54, 1.807) is 6.07 Å². The SMILES string of the molecule is CCN1c2cc3c(cc2C(C)=CC1(C)C)C(c1cc(C(=O)NCCCCCCNc2nc4c(N)ncnc4n2[C@@H]2O[C@H](COP(=O)(O)OP(=O)(O)OP(=O)(O)O)[C@@H](O)[C@H]2O)ccc1C(=O)O)=c1cc2c(cc1O3)=[N+](CC)C(C)(C)C=C2C. The Bertz CT molecular complexity index is 3770. The van der Waals surface area contributed by atoms with Crippen molar-refractivity contribution < 1.29 is 80.8 Å². The molecule has 82 heavy (non-hydrogen) atoms. The fourth-order valence-corrected chi connectivity index (χ4v) is 14.5. The lowest BCUT2D eigenvalue weighted by atomic mass is 9.83. The van der Waals surface area contributed by atoms with E-state index in [-0.39, 0.29) is 51.0 Å². The van der Waals surface area contributed by atoms with Crippen molar-refractivity contribution in [2.75, 3.05) is 48.7 Å². The molecule has 5 aromatic rings. The molecule has 1 amide bonds. The number of amides is 1. The molecule has 11 N–H and O–H groups in total. The molecule has 0 bridgehead atoms. The van der Waals surface area contributed by atoms with Crippen LogP contribution in [0.2, 0.25) is 0 Å². The van der Waals surface area contributed by atoms with E-state index in [1.807, 2.05) is 0 Å². The van der Waals surface area contributed by atoms with E-state index >= 15 is 0 Å². The Hall–Kier alpha value is -6.21. The fraction of sp³-hybridized carbons (Fsp3) is 0.434. The molecule has 6 atom stereocenters. The Kier molecular flexibility index (Phi) is 16.8. The standard InChI is InChI=1S/C53H66N9O17P3/c1-9-60-37-22-39-35(20-32(37)28(3)24-52(60,5)6)42(36-21-33-29(4)25-53(7,8)61(10-2)38(33)23-40(36)76-39)34-19-30(15-16-31(34)50(66)67)48(65)55-17-13-11-12-14-18-56-51-59-43-46(54)57-27-58-47(43)62(51)49-45(64)44(63)41(77-49)26-75-81(71,72)79-82(73,74)78-80(68,69)70/h15-16,19-25,27,41,44-45,49,63-64H,9-14,17-18,26H2,1-8H3,(H8-,54,55,56,57,58,59,65,66,67,68,69,70,71,72,73,74)/p+1/t41-,44-,45-,49-/m1/s1. The van der Waals surface area contributed by atoms with Crippen LogP contribution in [0.15, 0.2) is 60.9 Å². The number of nitrogen functional groups attached to an aromatic ring is 1. The number of likely N-dealkylation sites (N-methyl/N-ethyl adjacent to an activating group) is 2. The smallest absolute Gasteiger partial charge is 0.478 e. The van der Waals surface area contributed by atoms with Gasteiger partial charge in [0.25, 0.3) is 5.91 Å². The second-order valence-corrected chi connectivity index (χ2v) is 25.9. The predicted octanol–water partition coefficient (Wildman–Crippen LogP) is 5.55. The van der Waals surface area contributed by atoms with Gasteiger partial charge in [-0.2, -0.15) is 8.62 Å². The molecule has 3 aromatic carbocycles. The summed E-state index contributed by atoms with van der Waals surface area (Å²) in [4.78, 5) is 79.4. The highest BCUT2D eigenvalue weighted by Gasteiger charge is 2.48. The molecule has 0 aliphatic carbocycles. The monoisotopic (exact) mass is 1190 g/mol. The van der Waals surface area contributed by atoms with Gasteiger partial charge in [-0.05, 0) is 108 Å². The first kappa shape index (κ1) is 60.4. The number of rotatable bonds is 21. The van der Waals surface area contributed by atoms with Crippen molar-refractivity contribution in [3.63, 3.8) is 0 Å². The number of ether oxygens (including phenoxy) is 2. The molecule has 440 valence electrons. The summed E-state index contributed by atoms with van der Waals surface area (Å²) >= 11 is 0. The lowest BCUT2D eigenvalue weighted by molar-refractivity contribution is -0.0493. The van der Waals surface area contributed by atoms with E-state index < -0.39 is 60.6 Å². The van der Waals surface area contributed by atoms with Gasteiger partial charge < -0.3 is 65.6 Å². The summed E-state index contributed by atoms with van der Waals surface area (Å²) in [5.41, 5.74) is 12.8. The fourth-order valence-electron chi connectivity index (χ4n) is 11.5. The number of fused-ring (bicyclic) bond motifs is 5. The van der Waals surface area contributed by atoms with Crippen LogP contribution in [0.5, 0.6) is 11.5 Å². The number of anilines is 3. The van der Waals surface area contributed by atoms with Gasteiger partial charge in [-0.15, -0.1) is 0 Å². The topological polar surface area (TPSA) is 373 Å². The van der Waals surface area contributed by atoms with E-state index in [4.69, 9.17) is 25.0 Å². The van der Waals surface area contributed by atoms with Crippen LogP contribution in [0.25, 0.3) is 27.9 Å². The van der Waals surface area contributed by atoms with E-state index in [2.05, 4.69) is 140 Å². The maximum atomic E-state index is 14.1. The number of imidazole rings is 1. The number of carbonyl (C=O) groups is 2. The molecule has 9 rings (SSSR count). The van der Waals surface area contributed by atoms with Crippen LogP contribution < -0.4 is 41.2 Å². The first-order valence-electron chi connectivity index (χ1n) is 26.5. The zero-order valence-corrected chi connectivity index (χ0v) is 48.9. The van der Waals surface area contributed by atoms with Crippen molar-refractivity contribution in [1.82, 2.24) is 29.4 Å². The molecule has 4 aliphatic rings. The Labute approximate surface area is 471 Å². The predicted molar refractivity (Wildman–Crippen MR) is 302 cm³/mol. The largest absolute Gasteiger partial charge is 0.490 e. The zero-order chi connectivity index (χ0) is 59.6. The molecule has 6 heterocycles. The zero-order valence-electron chi connectivity index (χ0n) is 46.3. The first-order valence-corrected chi connectivity index (χ1v) is 31.0. The van der Waals surface area contributed by atoms with E-state index in [0.717, 1.165) is 52.7 Å². The molecule has 2 aromatic heterocycles. The number of unbranched alkanes of at least 4 members (excludes halogenated alkanes) is 3. The number of benzene rings is 3.